The van der Waals surface area contributed by atoms with Gasteiger partial charge in [-0.05, 0) is 36.2 Å². The molecule has 0 saturated heterocycles. The first-order valence-corrected chi connectivity index (χ1v) is 7.99. The maximum Gasteiger partial charge on any atom is 0.193 e. The Labute approximate surface area is 165 Å². The lowest BCUT2D eigenvalue weighted by Gasteiger charge is -2.06. The van der Waals surface area contributed by atoms with Crippen LogP contribution in [0.3, 0.4) is 0 Å². The zero-order valence-electron chi connectivity index (χ0n) is 14.1. The third-order valence-corrected chi connectivity index (χ3v) is 3.72. The number of guanidine groups is 1. The molecular formula is C19H22IN5. The number of nitrogens with zero attached hydrogens (tertiary/aromatic N) is 3. The fourth-order valence-electron chi connectivity index (χ4n) is 2.35. The van der Waals surface area contributed by atoms with Gasteiger partial charge in [-0.1, -0.05) is 37.3 Å². The minimum Gasteiger partial charge on any atom is -0.370 e. The first kappa shape index (κ1) is 19.0. The molecule has 3 N–H and O–H groups in total. The molecule has 3 rings (SSSR count). The van der Waals surface area contributed by atoms with Crippen LogP contribution in [0.4, 0.5) is 5.69 Å². The fraction of sp³-hybridized carbons (Fsp3) is 0.158. The van der Waals surface area contributed by atoms with Crippen LogP contribution in [0.25, 0.3) is 5.69 Å². The number of para-hydroxylation sites is 1. The lowest BCUT2D eigenvalue weighted by molar-refractivity contribution is 0.879. The second-order valence-corrected chi connectivity index (χ2v) is 5.51. The van der Waals surface area contributed by atoms with Crippen molar-refractivity contribution in [2.24, 2.45) is 10.7 Å². The van der Waals surface area contributed by atoms with E-state index in [1.165, 1.54) is 5.56 Å². The molecule has 6 heteroatoms. The highest BCUT2D eigenvalue weighted by molar-refractivity contribution is 14.0. The molecule has 0 radical (unpaired) electrons. The first-order valence-electron chi connectivity index (χ1n) is 7.99. The van der Waals surface area contributed by atoms with E-state index in [2.05, 4.69) is 34.5 Å². The third-order valence-electron chi connectivity index (χ3n) is 3.72. The standard InChI is InChI=1S/C19H21N5.HI/c1-2-15-8-10-17(11-9-15)23-19(20)21-12-16-13-22-24(14-16)18-6-4-3-5-7-18;/h3-11,13-14H,2,12H2,1H3,(H3,20,21,23);1H. The summed E-state index contributed by atoms with van der Waals surface area (Å²) in [6, 6.07) is 18.2. The fourth-order valence-corrected chi connectivity index (χ4v) is 2.35. The highest BCUT2D eigenvalue weighted by atomic mass is 127. The molecule has 1 heterocycles. The van der Waals surface area contributed by atoms with E-state index in [4.69, 9.17) is 5.73 Å². The molecule has 0 atom stereocenters. The highest BCUT2D eigenvalue weighted by Crippen LogP contribution is 2.10. The van der Waals surface area contributed by atoms with Gasteiger partial charge < -0.3 is 11.1 Å². The predicted octanol–water partition coefficient (Wildman–Crippen LogP) is 3.98. The molecule has 1 aromatic heterocycles. The van der Waals surface area contributed by atoms with Gasteiger partial charge >= 0.3 is 0 Å². The van der Waals surface area contributed by atoms with E-state index in [0.717, 1.165) is 23.4 Å². The van der Waals surface area contributed by atoms with Gasteiger partial charge in [0.05, 0.1) is 18.4 Å². The van der Waals surface area contributed by atoms with E-state index >= 15 is 0 Å². The molecule has 0 unspecified atom stereocenters. The van der Waals surface area contributed by atoms with Crippen molar-refractivity contribution in [3.63, 3.8) is 0 Å². The van der Waals surface area contributed by atoms with Crippen LogP contribution in [0.5, 0.6) is 0 Å². The molecule has 25 heavy (non-hydrogen) atoms. The minimum atomic E-state index is 0. The van der Waals surface area contributed by atoms with Crippen molar-refractivity contribution in [3.05, 3.63) is 78.1 Å². The monoisotopic (exact) mass is 447 g/mol. The van der Waals surface area contributed by atoms with Crippen LogP contribution in [0.1, 0.15) is 18.1 Å². The molecular weight excluding hydrogens is 425 g/mol. The molecule has 2 aromatic carbocycles. The van der Waals surface area contributed by atoms with Crippen LogP contribution < -0.4 is 11.1 Å². The van der Waals surface area contributed by atoms with Crippen molar-refractivity contribution in [3.8, 4) is 5.69 Å². The second-order valence-electron chi connectivity index (χ2n) is 5.51. The lowest BCUT2D eigenvalue weighted by atomic mass is 10.1. The summed E-state index contributed by atoms with van der Waals surface area (Å²) >= 11 is 0. The van der Waals surface area contributed by atoms with Gasteiger partial charge in [-0.25, -0.2) is 9.67 Å². The second kappa shape index (κ2) is 9.22. The number of nitrogens with two attached hydrogens (primary N) is 1. The number of benzene rings is 2. The predicted molar refractivity (Wildman–Crippen MR) is 114 cm³/mol. The lowest BCUT2D eigenvalue weighted by Crippen LogP contribution is -2.22. The number of anilines is 1. The maximum absolute atomic E-state index is 5.95. The molecule has 130 valence electrons. The van der Waals surface area contributed by atoms with E-state index in [0.29, 0.717) is 12.5 Å². The van der Waals surface area contributed by atoms with Crippen LogP contribution in [0.15, 0.2) is 72.0 Å². The van der Waals surface area contributed by atoms with Gasteiger partial charge in [-0.2, -0.15) is 5.10 Å². The van der Waals surface area contributed by atoms with Crippen molar-refractivity contribution >= 4 is 35.6 Å². The van der Waals surface area contributed by atoms with Crippen molar-refractivity contribution in [2.45, 2.75) is 19.9 Å². The van der Waals surface area contributed by atoms with Crippen LogP contribution in [-0.2, 0) is 13.0 Å². The van der Waals surface area contributed by atoms with Gasteiger partial charge in [0, 0.05) is 17.4 Å². The molecule has 0 amide bonds. The number of nitrogens with one attached hydrogen (secondary N) is 1. The Hall–Kier alpha value is -2.35. The Morgan fingerprint density at radius 2 is 1.80 bits per heavy atom. The molecule has 0 saturated carbocycles. The first-order chi connectivity index (χ1) is 11.7. The van der Waals surface area contributed by atoms with Crippen molar-refractivity contribution < 1.29 is 0 Å². The summed E-state index contributed by atoms with van der Waals surface area (Å²) in [7, 11) is 0. The highest BCUT2D eigenvalue weighted by Gasteiger charge is 2.01. The van der Waals surface area contributed by atoms with Crippen LogP contribution in [0, 0.1) is 0 Å². The quantitative estimate of drug-likeness (QED) is 0.353. The largest absolute Gasteiger partial charge is 0.370 e. The number of halogens is 1. The summed E-state index contributed by atoms with van der Waals surface area (Å²) in [6.45, 7) is 2.62. The summed E-state index contributed by atoms with van der Waals surface area (Å²) in [5.41, 5.74) is 10.2. The van der Waals surface area contributed by atoms with E-state index in [-0.39, 0.29) is 24.0 Å². The van der Waals surface area contributed by atoms with Crippen molar-refractivity contribution in [1.82, 2.24) is 9.78 Å². The molecule has 0 spiro atoms. The zero-order chi connectivity index (χ0) is 16.8. The van der Waals surface area contributed by atoms with Crippen molar-refractivity contribution in [2.75, 3.05) is 5.32 Å². The van der Waals surface area contributed by atoms with Crippen LogP contribution >= 0.6 is 24.0 Å². The van der Waals surface area contributed by atoms with Crippen molar-refractivity contribution in [1.29, 1.82) is 0 Å². The Balaban J connectivity index is 0.00000225. The zero-order valence-corrected chi connectivity index (χ0v) is 16.4. The third kappa shape index (κ3) is 5.32. The summed E-state index contributed by atoms with van der Waals surface area (Å²) in [5.74, 6) is 0.395. The molecule has 0 aliphatic heterocycles. The minimum absolute atomic E-state index is 0. The van der Waals surface area contributed by atoms with Gasteiger partial charge in [-0.15, -0.1) is 24.0 Å². The Kier molecular flexibility index (Phi) is 7.00. The summed E-state index contributed by atoms with van der Waals surface area (Å²) in [6.07, 6.45) is 4.79. The smallest absolute Gasteiger partial charge is 0.193 e. The number of aliphatic imine (C=N–C) groups is 1. The molecule has 0 aliphatic carbocycles. The normalized spacial score (nSPS) is 11.0. The molecule has 0 bridgehead atoms. The molecule has 3 aromatic rings. The van der Waals surface area contributed by atoms with Gasteiger partial charge in [0.25, 0.3) is 0 Å². The molecule has 0 fully saturated rings. The van der Waals surface area contributed by atoms with Crippen LogP contribution in [-0.4, -0.2) is 15.7 Å². The van der Waals surface area contributed by atoms with Gasteiger partial charge in [-0.3, -0.25) is 0 Å². The van der Waals surface area contributed by atoms with Gasteiger partial charge in [0.2, 0.25) is 0 Å². The SMILES string of the molecule is CCc1ccc(NC(N)=NCc2cnn(-c3ccccc3)c2)cc1.I. The average molecular weight is 447 g/mol. The van der Waals surface area contributed by atoms with E-state index < -0.39 is 0 Å². The molecule has 0 aliphatic rings. The topological polar surface area (TPSA) is 68.2 Å². The number of hydrogen-bond acceptors (Lipinski definition) is 2. The Bertz CT molecular complexity index is 809. The van der Waals surface area contributed by atoms with E-state index in [1.54, 1.807) is 6.20 Å². The number of rotatable bonds is 5. The van der Waals surface area contributed by atoms with Gasteiger partial charge in [0.15, 0.2) is 5.96 Å². The van der Waals surface area contributed by atoms with E-state index in [9.17, 15) is 0 Å². The number of aromatic nitrogens is 2. The Morgan fingerprint density at radius 1 is 1.08 bits per heavy atom. The average Bonchev–Trinajstić information content (AvgIpc) is 3.10. The maximum atomic E-state index is 5.95. The summed E-state index contributed by atoms with van der Waals surface area (Å²) in [4.78, 5) is 4.37. The van der Waals surface area contributed by atoms with E-state index in [1.807, 2.05) is 53.3 Å². The Morgan fingerprint density at radius 3 is 2.48 bits per heavy atom. The van der Waals surface area contributed by atoms with Crippen LogP contribution in [0.2, 0.25) is 0 Å². The number of aryl methyl sites for hydroxylation is 1. The summed E-state index contributed by atoms with van der Waals surface area (Å²) in [5, 5.41) is 7.46. The summed E-state index contributed by atoms with van der Waals surface area (Å²) < 4.78 is 1.83. The molecule has 5 nitrogen and oxygen atoms in total. The van der Waals surface area contributed by atoms with Gasteiger partial charge in [0.1, 0.15) is 0 Å². The number of hydrogen-bond donors (Lipinski definition) is 2.